The minimum absolute atomic E-state index is 0.0857. The van der Waals surface area contributed by atoms with Crippen LogP contribution in [0.25, 0.3) is 0 Å². The van der Waals surface area contributed by atoms with Crippen molar-refractivity contribution in [2.75, 3.05) is 30.1 Å². The standard InChI is InChI=1S/C19H22ClFN2O5S/c1-5-17(19(24)22-16-9-7-13(27-2)11-18(16)28-3)23(29(4,25)26)12-6-8-15(21)14(20)10-12/h6-11,17H,5H2,1-4H3,(H,22,24)/t17-/m1/s1. The van der Waals surface area contributed by atoms with E-state index in [0.29, 0.717) is 17.2 Å². The molecule has 0 aromatic heterocycles. The number of hydrogen-bond donors (Lipinski definition) is 1. The largest absolute Gasteiger partial charge is 0.497 e. The smallest absolute Gasteiger partial charge is 0.248 e. The highest BCUT2D eigenvalue weighted by Crippen LogP contribution is 2.31. The lowest BCUT2D eigenvalue weighted by molar-refractivity contribution is -0.117. The summed E-state index contributed by atoms with van der Waals surface area (Å²) in [5.41, 5.74) is 0.435. The quantitative estimate of drug-likeness (QED) is 0.671. The highest BCUT2D eigenvalue weighted by atomic mass is 35.5. The number of carbonyl (C=O) groups excluding carboxylic acids is 1. The number of rotatable bonds is 8. The highest BCUT2D eigenvalue weighted by Gasteiger charge is 2.32. The maximum absolute atomic E-state index is 13.5. The number of ether oxygens (including phenoxy) is 2. The first-order valence-electron chi connectivity index (χ1n) is 8.59. The minimum Gasteiger partial charge on any atom is -0.497 e. The van der Waals surface area contributed by atoms with Crippen LogP contribution in [0.15, 0.2) is 36.4 Å². The molecule has 2 aromatic carbocycles. The van der Waals surface area contributed by atoms with E-state index in [0.717, 1.165) is 16.6 Å². The Labute approximate surface area is 174 Å². The Hall–Kier alpha value is -2.52. The van der Waals surface area contributed by atoms with Crippen molar-refractivity contribution in [2.45, 2.75) is 19.4 Å². The molecule has 7 nitrogen and oxygen atoms in total. The normalized spacial score (nSPS) is 12.2. The first-order chi connectivity index (χ1) is 13.6. The number of benzene rings is 2. The maximum Gasteiger partial charge on any atom is 0.248 e. The van der Waals surface area contributed by atoms with E-state index in [9.17, 15) is 17.6 Å². The predicted octanol–water partition coefficient (Wildman–Crippen LogP) is 3.68. The fraction of sp³-hybridized carbons (Fsp3) is 0.316. The molecule has 0 aliphatic heterocycles. The van der Waals surface area contributed by atoms with Crippen LogP contribution in [0, 0.1) is 5.82 Å². The van der Waals surface area contributed by atoms with Gasteiger partial charge in [-0.1, -0.05) is 18.5 Å². The van der Waals surface area contributed by atoms with Crippen molar-refractivity contribution < 1.29 is 27.1 Å². The van der Waals surface area contributed by atoms with Gasteiger partial charge >= 0.3 is 0 Å². The molecule has 0 unspecified atom stereocenters. The SMILES string of the molecule is CC[C@H](C(=O)Nc1ccc(OC)cc1OC)N(c1ccc(F)c(Cl)c1)S(C)(=O)=O. The van der Waals surface area contributed by atoms with Gasteiger partial charge in [0.05, 0.1) is 36.9 Å². The summed E-state index contributed by atoms with van der Waals surface area (Å²) in [5.74, 6) is -0.389. The number of halogens is 2. The zero-order chi connectivity index (χ0) is 21.8. The monoisotopic (exact) mass is 444 g/mol. The summed E-state index contributed by atoms with van der Waals surface area (Å²) in [7, 11) is -0.949. The average molecular weight is 445 g/mol. The fourth-order valence-electron chi connectivity index (χ4n) is 2.80. The van der Waals surface area contributed by atoms with Gasteiger partial charge < -0.3 is 14.8 Å². The fourth-order valence-corrected chi connectivity index (χ4v) is 4.18. The van der Waals surface area contributed by atoms with E-state index in [1.54, 1.807) is 25.1 Å². The van der Waals surface area contributed by atoms with Crippen molar-refractivity contribution in [3.8, 4) is 11.5 Å². The summed E-state index contributed by atoms with van der Waals surface area (Å²) < 4.78 is 49.8. The second-order valence-electron chi connectivity index (χ2n) is 6.14. The molecule has 0 heterocycles. The summed E-state index contributed by atoms with van der Waals surface area (Å²) in [6, 6.07) is 7.18. The van der Waals surface area contributed by atoms with Gasteiger partial charge in [0.2, 0.25) is 15.9 Å². The van der Waals surface area contributed by atoms with Gasteiger partial charge in [-0.2, -0.15) is 0 Å². The highest BCUT2D eigenvalue weighted by molar-refractivity contribution is 7.92. The van der Waals surface area contributed by atoms with Crippen molar-refractivity contribution >= 4 is 38.9 Å². The molecular weight excluding hydrogens is 423 g/mol. The van der Waals surface area contributed by atoms with E-state index < -0.39 is 27.8 Å². The topological polar surface area (TPSA) is 84.9 Å². The van der Waals surface area contributed by atoms with Crippen molar-refractivity contribution in [2.24, 2.45) is 0 Å². The van der Waals surface area contributed by atoms with Crippen LogP contribution < -0.4 is 19.1 Å². The number of amides is 1. The molecule has 1 N–H and O–H groups in total. The number of hydrogen-bond acceptors (Lipinski definition) is 5. The van der Waals surface area contributed by atoms with Gasteiger partial charge in [-0.25, -0.2) is 12.8 Å². The molecule has 158 valence electrons. The van der Waals surface area contributed by atoms with E-state index in [-0.39, 0.29) is 17.1 Å². The van der Waals surface area contributed by atoms with Crippen LogP contribution >= 0.6 is 11.6 Å². The Bertz CT molecular complexity index is 1000. The Morgan fingerprint density at radius 2 is 1.90 bits per heavy atom. The molecule has 0 fully saturated rings. The number of sulfonamides is 1. The molecule has 0 saturated carbocycles. The lowest BCUT2D eigenvalue weighted by atomic mass is 10.1. The summed E-state index contributed by atoms with van der Waals surface area (Å²) in [4.78, 5) is 13.0. The van der Waals surface area contributed by atoms with Gasteiger partial charge in [0.25, 0.3) is 0 Å². The first kappa shape index (κ1) is 22.8. The molecule has 0 aliphatic carbocycles. The predicted molar refractivity (Wildman–Crippen MR) is 111 cm³/mol. The van der Waals surface area contributed by atoms with Crippen LogP contribution in [0.5, 0.6) is 11.5 Å². The number of methoxy groups -OCH3 is 2. The third kappa shape index (κ3) is 5.30. The Kier molecular flexibility index (Phi) is 7.32. The number of nitrogens with zero attached hydrogens (tertiary/aromatic N) is 1. The summed E-state index contributed by atoms with van der Waals surface area (Å²) in [5, 5.41) is 2.43. The Morgan fingerprint density at radius 1 is 1.21 bits per heavy atom. The van der Waals surface area contributed by atoms with Gasteiger partial charge in [-0.15, -0.1) is 0 Å². The van der Waals surface area contributed by atoms with Gasteiger partial charge in [0.15, 0.2) is 0 Å². The van der Waals surface area contributed by atoms with Gasteiger partial charge in [-0.05, 0) is 36.8 Å². The molecule has 29 heavy (non-hydrogen) atoms. The molecular formula is C19H22ClFN2O5S. The molecule has 1 atom stereocenters. The van der Waals surface area contributed by atoms with Crippen LogP contribution in [0.4, 0.5) is 15.8 Å². The number of anilines is 2. The molecule has 2 aromatic rings. The molecule has 0 spiro atoms. The molecule has 2 rings (SSSR count). The van der Waals surface area contributed by atoms with Crippen LogP contribution in [0.2, 0.25) is 5.02 Å². The minimum atomic E-state index is -3.88. The van der Waals surface area contributed by atoms with E-state index in [4.69, 9.17) is 21.1 Å². The molecule has 0 saturated heterocycles. The van der Waals surface area contributed by atoms with Crippen molar-refractivity contribution in [1.29, 1.82) is 0 Å². The first-order valence-corrected chi connectivity index (χ1v) is 10.8. The lowest BCUT2D eigenvalue weighted by Crippen LogP contribution is -2.47. The van der Waals surface area contributed by atoms with Gasteiger partial charge in [-0.3, -0.25) is 9.10 Å². The molecule has 1 amide bonds. The van der Waals surface area contributed by atoms with Crippen LogP contribution in [0.3, 0.4) is 0 Å². The Morgan fingerprint density at radius 3 is 2.41 bits per heavy atom. The zero-order valence-corrected chi connectivity index (χ0v) is 18.0. The van der Waals surface area contributed by atoms with E-state index in [1.807, 2.05) is 0 Å². The number of nitrogens with one attached hydrogen (secondary N) is 1. The van der Waals surface area contributed by atoms with Gasteiger partial charge in [0, 0.05) is 6.07 Å². The maximum atomic E-state index is 13.5. The summed E-state index contributed by atoms with van der Waals surface area (Å²) in [6.45, 7) is 1.67. The zero-order valence-electron chi connectivity index (χ0n) is 16.4. The van der Waals surface area contributed by atoms with Crippen LogP contribution in [0.1, 0.15) is 13.3 Å². The van der Waals surface area contributed by atoms with E-state index in [1.165, 1.54) is 26.4 Å². The van der Waals surface area contributed by atoms with Crippen molar-refractivity contribution in [3.05, 3.63) is 47.2 Å². The number of carbonyl (C=O) groups is 1. The van der Waals surface area contributed by atoms with Gasteiger partial charge in [0.1, 0.15) is 23.4 Å². The molecule has 0 bridgehead atoms. The third-order valence-corrected chi connectivity index (χ3v) is 5.62. The van der Waals surface area contributed by atoms with Crippen LogP contribution in [-0.4, -0.2) is 40.8 Å². The molecule has 10 heteroatoms. The van der Waals surface area contributed by atoms with Crippen molar-refractivity contribution in [1.82, 2.24) is 0 Å². The van der Waals surface area contributed by atoms with E-state index in [2.05, 4.69) is 5.32 Å². The average Bonchev–Trinajstić information content (AvgIpc) is 2.67. The lowest BCUT2D eigenvalue weighted by Gasteiger charge is -2.30. The van der Waals surface area contributed by atoms with Crippen LogP contribution in [-0.2, 0) is 14.8 Å². The third-order valence-electron chi connectivity index (χ3n) is 4.15. The second-order valence-corrected chi connectivity index (χ2v) is 8.40. The molecule has 0 radical (unpaired) electrons. The second kappa shape index (κ2) is 9.32. The molecule has 0 aliphatic rings. The van der Waals surface area contributed by atoms with E-state index >= 15 is 0 Å². The summed E-state index contributed by atoms with van der Waals surface area (Å²) >= 11 is 5.81. The van der Waals surface area contributed by atoms with Crippen molar-refractivity contribution in [3.63, 3.8) is 0 Å². The summed E-state index contributed by atoms with van der Waals surface area (Å²) in [6.07, 6.45) is 1.13. The Balaban J connectivity index is 2.42.